The molecule has 0 spiro atoms. The first-order chi connectivity index (χ1) is 8.55. The molecule has 106 valence electrons. The predicted octanol–water partition coefficient (Wildman–Crippen LogP) is 2.79. The minimum atomic E-state index is -3.99. The van der Waals surface area contributed by atoms with Crippen LogP contribution in [0, 0.1) is 5.92 Å². The maximum Gasteiger partial charge on any atom is 0.391 e. The Hall–Kier alpha value is -0.290. The van der Waals surface area contributed by atoms with Gasteiger partial charge in [0.15, 0.2) is 0 Å². The molecule has 0 unspecified atom stereocenters. The molecule has 2 rings (SSSR count). The largest absolute Gasteiger partial charge is 0.391 e. The van der Waals surface area contributed by atoms with Crippen LogP contribution in [0.25, 0.3) is 0 Å². The molecule has 1 saturated carbocycles. The van der Waals surface area contributed by atoms with Gasteiger partial charge < -0.3 is 10.2 Å². The summed E-state index contributed by atoms with van der Waals surface area (Å²) in [6.45, 7) is 3.00. The van der Waals surface area contributed by atoms with Crippen molar-refractivity contribution in [3.8, 4) is 0 Å². The topological polar surface area (TPSA) is 15.3 Å². The van der Waals surface area contributed by atoms with Crippen LogP contribution in [0.1, 0.15) is 38.5 Å². The number of alkyl halides is 3. The maximum absolute atomic E-state index is 12.5. The molecular weight excluding hydrogens is 241 g/mol. The van der Waals surface area contributed by atoms with E-state index in [9.17, 15) is 13.2 Å². The molecule has 0 bridgehead atoms. The second kappa shape index (κ2) is 6.24. The highest BCUT2D eigenvalue weighted by Crippen LogP contribution is 2.33. The van der Waals surface area contributed by atoms with Gasteiger partial charge in [0.05, 0.1) is 5.92 Å². The van der Waals surface area contributed by atoms with Crippen molar-refractivity contribution in [3.63, 3.8) is 0 Å². The molecule has 1 heterocycles. The molecule has 0 aromatic rings. The Morgan fingerprint density at radius 1 is 1.00 bits per heavy atom. The van der Waals surface area contributed by atoms with Crippen molar-refractivity contribution in [3.05, 3.63) is 0 Å². The highest BCUT2D eigenvalue weighted by atomic mass is 19.4. The van der Waals surface area contributed by atoms with Gasteiger partial charge in [-0.25, -0.2) is 0 Å². The van der Waals surface area contributed by atoms with Crippen molar-refractivity contribution in [1.82, 2.24) is 10.2 Å². The fourth-order valence-electron chi connectivity index (χ4n) is 3.04. The van der Waals surface area contributed by atoms with Crippen molar-refractivity contribution in [2.24, 2.45) is 5.92 Å². The van der Waals surface area contributed by atoms with E-state index in [0.29, 0.717) is 19.1 Å². The van der Waals surface area contributed by atoms with Gasteiger partial charge in [-0.2, -0.15) is 13.2 Å². The smallest absolute Gasteiger partial charge is 0.313 e. The fraction of sp³-hybridized carbons (Fsp3) is 1.00. The van der Waals surface area contributed by atoms with Gasteiger partial charge in [0.1, 0.15) is 0 Å². The lowest BCUT2D eigenvalue weighted by Crippen LogP contribution is -2.42. The molecule has 5 heteroatoms. The fourth-order valence-corrected chi connectivity index (χ4v) is 3.04. The third-order valence-corrected chi connectivity index (χ3v) is 4.27. The lowest BCUT2D eigenvalue weighted by Gasteiger charge is -2.33. The molecule has 0 radical (unpaired) electrons. The molecular formula is C13H23F3N2. The SMILES string of the molecule is FC(F)(F)C1CCN(CCNC2CCCC2)CC1. The third-order valence-electron chi connectivity index (χ3n) is 4.27. The average molecular weight is 264 g/mol. The van der Waals surface area contributed by atoms with Gasteiger partial charge in [0, 0.05) is 19.1 Å². The third kappa shape index (κ3) is 4.12. The summed E-state index contributed by atoms with van der Waals surface area (Å²) in [6, 6.07) is 0.651. The number of hydrogen-bond donors (Lipinski definition) is 1. The summed E-state index contributed by atoms with van der Waals surface area (Å²) in [5.74, 6) is -1.07. The number of rotatable bonds is 4. The summed E-state index contributed by atoms with van der Waals surface area (Å²) in [7, 11) is 0. The van der Waals surface area contributed by atoms with Crippen LogP contribution >= 0.6 is 0 Å². The summed E-state index contributed by atoms with van der Waals surface area (Å²) >= 11 is 0. The van der Waals surface area contributed by atoms with Gasteiger partial charge in [-0.05, 0) is 38.8 Å². The zero-order chi connectivity index (χ0) is 13.0. The minimum absolute atomic E-state index is 0.271. The van der Waals surface area contributed by atoms with E-state index in [-0.39, 0.29) is 12.8 Å². The highest BCUT2D eigenvalue weighted by Gasteiger charge is 2.40. The van der Waals surface area contributed by atoms with Gasteiger partial charge >= 0.3 is 6.18 Å². The van der Waals surface area contributed by atoms with E-state index >= 15 is 0 Å². The van der Waals surface area contributed by atoms with E-state index in [1.807, 2.05) is 0 Å². The predicted molar refractivity (Wildman–Crippen MR) is 65.5 cm³/mol. The first-order valence-corrected chi connectivity index (χ1v) is 7.08. The van der Waals surface area contributed by atoms with E-state index < -0.39 is 12.1 Å². The zero-order valence-electron chi connectivity index (χ0n) is 10.8. The molecule has 1 saturated heterocycles. The lowest BCUT2D eigenvalue weighted by atomic mass is 9.96. The van der Waals surface area contributed by atoms with Gasteiger partial charge in [-0.3, -0.25) is 0 Å². The van der Waals surface area contributed by atoms with E-state index in [1.165, 1.54) is 25.7 Å². The van der Waals surface area contributed by atoms with Gasteiger partial charge in [0.2, 0.25) is 0 Å². The molecule has 0 atom stereocenters. The van der Waals surface area contributed by atoms with Crippen LogP contribution < -0.4 is 5.32 Å². The number of nitrogens with one attached hydrogen (secondary N) is 1. The van der Waals surface area contributed by atoms with Crippen molar-refractivity contribution < 1.29 is 13.2 Å². The second-order valence-electron chi connectivity index (χ2n) is 5.59. The quantitative estimate of drug-likeness (QED) is 0.840. The van der Waals surface area contributed by atoms with Gasteiger partial charge in [-0.15, -0.1) is 0 Å². The highest BCUT2D eigenvalue weighted by molar-refractivity contribution is 4.78. The van der Waals surface area contributed by atoms with Crippen molar-refractivity contribution in [1.29, 1.82) is 0 Å². The van der Waals surface area contributed by atoms with Crippen molar-refractivity contribution >= 4 is 0 Å². The molecule has 1 aliphatic carbocycles. The van der Waals surface area contributed by atoms with Crippen LogP contribution in [0.5, 0.6) is 0 Å². The van der Waals surface area contributed by atoms with E-state index in [1.54, 1.807) is 0 Å². The van der Waals surface area contributed by atoms with Crippen LogP contribution in [0.4, 0.5) is 13.2 Å². The van der Waals surface area contributed by atoms with E-state index in [2.05, 4.69) is 10.2 Å². The number of nitrogens with zero attached hydrogens (tertiary/aromatic N) is 1. The summed E-state index contributed by atoms with van der Waals surface area (Å²) < 4.78 is 37.5. The van der Waals surface area contributed by atoms with Crippen LogP contribution in [0.3, 0.4) is 0 Å². The molecule has 0 amide bonds. The van der Waals surface area contributed by atoms with Gasteiger partial charge in [0.25, 0.3) is 0 Å². The Morgan fingerprint density at radius 3 is 2.17 bits per heavy atom. The first-order valence-electron chi connectivity index (χ1n) is 7.08. The average Bonchev–Trinajstić information content (AvgIpc) is 2.82. The van der Waals surface area contributed by atoms with E-state index in [0.717, 1.165) is 13.1 Å². The number of piperidine rings is 1. The van der Waals surface area contributed by atoms with Crippen molar-refractivity contribution in [2.45, 2.75) is 50.7 Å². The molecule has 0 aromatic carbocycles. The Morgan fingerprint density at radius 2 is 1.61 bits per heavy atom. The number of halogens is 3. The molecule has 18 heavy (non-hydrogen) atoms. The number of hydrogen-bond acceptors (Lipinski definition) is 2. The summed E-state index contributed by atoms with van der Waals surface area (Å²) in [6.07, 6.45) is 1.70. The Balaban J connectivity index is 1.58. The minimum Gasteiger partial charge on any atom is -0.313 e. The normalized spacial score (nSPS) is 24.8. The van der Waals surface area contributed by atoms with Crippen molar-refractivity contribution in [2.75, 3.05) is 26.2 Å². The van der Waals surface area contributed by atoms with Crippen LogP contribution in [-0.4, -0.2) is 43.3 Å². The van der Waals surface area contributed by atoms with Crippen LogP contribution in [0.2, 0.25) is 0 Å². The maximum atomic E-state index is 12.5. The monoisotopic (exact) mass is 264 g/mol. The molecule has 2 fully saturated rings. The molecule has 1 aliphatic heterocycles. The second-order valence-corrected chi connectivity index (χ2v) is 5.59. The van der Waals surface area contributed by atoms with E-state index in [4.69, 9.17) is 0 Å². The standard InChI is InChI=1S/C13H23F3N2/c14-13(15,16)11-5-8-18(9-6-11)10-7-17-12-3-1-2-4-12/h11-12,17H,1-10H2. The Labute approximate surface area is 107 Å². The van der Waals surface area contributed by atoms with Crippen LogP contribution in [-0.2, 0) is 0 Å². The summed E-state index contributed by atoms with van der Waals surface area (Å²) in [5.41, 5.74) is 0. The molecule has 2 aliphatic rings. The summed E-state index contributed by atoms with van der Waals surface area (Å²) in [5, 5.41) is 3.51. The lowest BCUT2D eigenvalue weighted by molar-refractivity contribution is -0.184. The summed E-state index contributed by atoms with van der Waals surface area (Å²) in [4.78, 5) is 2.16. The number of likely N-dealkylation sites (tertiary alicyclic amines) is 1. The zero-order valence-corrected chi connectivity index (χ0v) is 10.8. The molecule has 2 nitrogen and oxygen atoms in total. The molecule has 0 aromatic heterocycles. The van der Waals surface area contributed by atoms with Gasteiger partial charge in [-0.1, -0.05) is 12.8 Å². The molecule has 1 N–H and O–H groups in total. The van der Waals surface area contributed by atoms with Crippen LogP contribution in [0.15, 0.2) is 0 Å². The Kier molecular flexibility index (Phi) is 4.90. The first kappa shape index (κ1) is 14.1. The Bertz CT molecular complexity index is 241.